The number of benzene rings is 2. The van der Waals surface area contributed by atoms with Gasteiger partial charge >= 0.3 is 0 Å². The van der Waals surface area contributed by atoms with Gasteiger partial charge < -0.3 is 14.5 Å². The molecule has 0 unspecified atom stereocenters. The van der Waals surface area contributed by atoms with Gasteiger partial charge in [0.25, 0.3) is 5.89 Å². The summed E-state index contributed by atoms with van der Waals surface area (Å²) in [7, 11) is 0. The molecule has 0 radical (unpaired) electrons. The van der Waals surface area contributed by atoms with E-state index in [-0.39, 0.29) is 5.91 Å². The number of nitrogens with zero attached hydrogens (tertiary/aromatic N) is 2. The second-order valence-corrected chi connectivity index (χ2v) is 5.78. The first-order valence-electron chi connectivity index (χ1n) is 7.96. The highest BCUT2D eigenvalue weighted by molar-refractivity contribution is 5.88. The third kappa shape index (κ3) is 4.23. The summed E-state index contributed by atoms with van der Waals surface area (Å²) in [4.78, 5) is 11.0. The van der Waals surface area contributed by atoms with Crippen molar-refractivity contribution in [2.45, 2.75) is 26.9 Å². The Labute approximate surface area is 145 Å². The van der Waals surface area contributed by atoms with E-state index in [4.69, 9.17) is 9.15 Å². The Morgan fingerprint density at radius 2 is 1.76 bits per heavy atom. The van der Waals surface area contributed by atoms with E-state index in [9.17, 15) is 4.79 Å². The van der Waals surface area contributed by atoms with Gasteiger partial charge in [0, 0.05) is 18.2 Å². The second-order valence-electron chi connectivity index (χ2n) is 5.78. The molecule has 1 atom stereocenters. The molecule has 3 rings (SSSR count). The van der Waals surface area contributed by atoms with Crippen molar-refractivity contribution in [2.24, 2.45) is 0 Å². The van der Waals surface area contributed by atoms with Crippen LogP contribution in [0.4, 0.5) is 5.69 Å². The second kappa shape index (κ2) is 7.17. The van der Waals surface area contributed by atoms with Gasteiger partial charge in [-0.3, -0.25) is 4.79 Å². The summed E-state index contributed by atoms with van der Waals surface area (Å²) in [5.74, 6) is 1.40. The lowest BCUT2D eigenvalue weighted by atomic mass is 10.1. The molecule has 0 aliphatic rings. The highest BCUT2D eigenvalue weighted by Crippen LogP contribution is 2.25. The van der Waals surface area contributed by atoms with Crippen LogP contribution in [0.25, 0.3) is 11.5 Å². The van der Waals surface area contributed by atoms with E-state index in [1.54, 1.807) is 24.3 Å². The van der Waals surface area contributed by atoms with Crippen LogP contribution in [0.3, 0.4) is 0 Å². The first kappa shape index (κ1) is 16.7. The van der Waals surface area contributed by atoms with E-state index >= 15 is 0 Å². The Morgan fingerprint density at radius 3 is 2.40 bits per heavy atom. The maximum absolute atomic E-state index is 11.0. The molecule has 128 valence electrons. The maximum atomic E-state index is 11.0. The molecule has 3 aromatic rings. The summed E-state index contributed by atoms with van der Waals surface area (Å²) in [5, 5.41) is 10.9. The molecule has 0 bridgehead atoms. The highest BCUT2D eigenvalue weighted by Gasteiger charge is 2.16. The Bertz CT molecular complexity index is 854. The number of nitrogens with one attached hydrogen (secondary N) is 1. The van der Waals surface area contributed by atoms with E-state index in [2.05, 4.69) is 15.5 Å². The van der Waals surface area contributed by atoms with Gasteiger partial charge in [0.05, 0.1) is 0 Å². The fourth-order valence-electron chi connectivity index (χ4n) is 2.29. The average Bonchev–Trinajstić information content (AvgIpc) is 3.07. The summed E-state index contributed by atoms with van der Waals surface area (Å²) in [6, 6.07) is 15.0. The third-order valence-electron chi connectivity index (χ3n) is 3.57. The van der Waals surface area contributed by atoms with Crippen molar-refractivity contribution in [1.29, 1.82) is 0 Å². The maximum Gasteiger partial charge on any atom is 0.257 e. The normalized spacial score (nSPS) is 11.8. The van der Waals surface area contributed by atoms with Gasteiger partial charge in [0.15, 0.2) is 6.10 Å². The monoisotopic (exact) mass is 337 g/mol. The molecule has 0 aliphatic carbocycles. The van der Waals surface area contributed by atoms with E-state index in [1.807, 2.05) is 38.1 Å². The standard InChI is InChI=1S/C19H19N3O3/c1-12-4-6-15(7-5-12)19-22-21-18(25-19)13(2)24-17-10-8-16(9-11-17)20-14(3)23/h4-11,13H,1-3H3,(H,20,23)/t13-/m1/s1. The van der Waals surface area contributed by atoms with Crippen molar-refractivity contribution in [3.63, 3.8) is 0 Å². The quantitative estimate of drug-likeness (QED) is 0.757. The van der Waals surface area contributed by atoms with E-state index in [0.29, 0.717) is 23.2 Å². The zero-order valence-corrected chi connectivity index (χ0v) is 14.3. The molecule has 2 aromatic carbocycles. The molecule has 6 heteroatoms. The van der Waals surface area contributed by atoms with E-state index in [0.717, 1.165) is 5.56 Å². The van der Waals surface area contributed by atoms with Gasteiger partial charge in [0.2, 0.25) is 11.8 Å². The van der Waals surface area contributed by atoms with E-state index in [1.165, 1.54) is 12.5 Å². The average molecular weight is 337 g/mol. The van der Waals surface area contributed by atoms with Crippen LogP contribution in [-0.4, -0.2) is 16.1 Å². The van der Waals surface area contributed by atoms with Crippen LogP contribution < -0.4 is 10.1 Å². The molecule has 6 nitrogen and oxygen atoms in total. The summed E-state index contributed by atoms with van der Waals surface area (Å²) in [5.41, 5.74) is 2.76. The molecule has 0 fully saturated rings. The minimum Gasteiger partial charge on any atom is -0.481 e. The molecule has 1 amide bonds. The third-order valence-corrected chi connectivity index (χ3v) is 3.57. The topological polar surface area (TPSA) is 77.2 Å². The number of amides is 1. The van der Waals surface area contributed by atoms with Crippen molar-refractivity contribution in [3.8, 4) is 17.2 Å². The van der Waals surface area contributed by atoms with Crippen molar-refractivity contribution >= 4 is 11.6 Å². The Kier molecular flexibility index (Phi) is 4.79. The number of hydrogen-bond donors (Lipinski definition) is 1. The van der Waals surface area contributed by atoms with Crippen LogP contribution >= 0.6 is 0 Å². The smallest absolute Gasteiger partial charge is 0.257 e. The summed E-state index contributed by atoms with van der Waals surface area (Å²) < 4.78 is 11.5. The van der Waals surface area contributed by atoms with Gasteiger partial charge in [-0.25, -0.2) is 0 Å². The van der Waals surface area contributed by atoms with Crippen LogP contribution in [0.1, 0.15) is 31.4 Å². The van der Waals surface area contributed by atoms with Crippen LogP contribution in [-0.2, 0) is 4.79 Å². The Hall–Kier alpha value is -3.15. The molecular formula is C19H19N3O3. The SMILES string of the molecule is CC(=O)Nc1ccc(O[C@H](C)c2nnc(-c3ccc(C)cc3)o2)cc1. The molecule has 1 heterocycles. The lowest BCUT2D eigenvalue weighted by Gasteiger charge is -2.11. The van der Waals surface area contributed by atoms with Crippen molar-refractivity contribution < 1.29 is 13.9 Å². The van der Waals surface area contributed by atoms with Gasteiger partial charge in [-0.05, 0) is 50.2 Å². The Morgan fingerprint density at radius 1 is 1.08 bits per heavy atom. The van der Waals surface area contributed by atoms with Crippen molar-refractivity contribution in [1.82, 2.24) is 10.2 Å². The molecule has 1 N–H and O–H groups in total. The molecule has 0 aliphatic heterocycles. The fraction of sp³-hybridized carbons (Fsp3) is 0.211. The predicted molar refractivity (Wildman–Crippen MR) is 94.3 cm³/mol. The number of aromatic nitrogens is 2. The van der Waals surface area contributed by atoms with Crippen LogP contribution in [0.15, 0.2) is 52.9 Å². The van der Waals surface area contributed by atoms with Gasteiger partial charge in [-0.2, -0.15) is 0 Å². The van der Waals surface area contributed by atoms with E-state index < -0.39 is 6.10 Å². The van der Waals surface area contributed by atoms with Crippen LogP contribution in [0, 0.1) is 6.92 Å². The van der Waals surface area contributed by atoms with Gasteiger partial charge in [-0.1, -0.05) is 17.7 Å². The number of carbonyl (C=O) groups is 1. The number of anilines is 1. The molecule has 0 saturated heterocycles. The minimum absolute atomic E-state index is 0.114. The minimum atomic E-state index is -0.390. The zero-order chi connectivity index (χ0) is 17.8. The molecule has 0 saturated carbocycles. The van der Waals surface area contributed by atoms with Crippen LogP contribution in [0.2, 0.25) is 0 Å². The van der Waals surface area contributed by atoms with Crippen molar-refractivity contribution in [2.75, 3.05) is 5.32 Å². The lowest BCUT2D eigenvalue weighted by molar-refractivity contribution is -0.114. The summed E-state index contributed by atoms with van der Waals surface area (Å²) in [6.45, 7) is 5.33. The zero-order valence-electron chi connectivity index (χ0n) is 14.3. The number of hydrogen-bond acceptors (Lipinski definition) is 5. The number of aryl methyl sites for hydroxylation is 1. The van der Waals surface area contributed by atoms with Crippen molar-refractivity contribution in [3.05, 3.63) is 60.0 Å². The summed E-state index contributed by atoms with van der Waals surface area (Å²) >= 11 is 0. The van der Waals surface area contributed by atoms with Crippen LogP contribution in [0.5, 0.6) is 5.75 Å². The molecular weight excluding hydrogens is 318 g/mol. The predicted octanol–water partition coefficient (Wildman–Crippen LogP) is 4.14. The first-order valence-corrected chi connectivity index (χ1v) is 7.96. The first-order chi connectivity index (χ1) is 12.0. The number of carbonyl (C=O) groups excluding carboxylic acids is 1. The highest BCUT2D eigenvalue weighted by atomic mass is 16.5. The lowest BCUT2D eigenvalue weighted by Crippen LogP contribution is -2.06. The molecule has 0 spiro atoms. The largest absolute Gasteiger partial charge is 0.481 e. The van der Waals surface area contributed by atoms with Gasteiger partial charge in [-0.15, -0.1) is 10.2 Å². The molecule has 1 aromatic heterocycles. The number of ether oxygens (including phenoxy) is 1. The summed E-state index contributed by atoms with van der Waals surface area (Å²) in [6.07, 6.45) is -0.390. The molecule has 25 heavy (non-hydrogen) atoms. The van der Waals surface area contributed by atoms with Gasteiger partial charge in [0.1, 0.15) is 5.75 Å². The number of rotatable bonds is 5. The Balaban J connectivity index is 1.68. The fourth-order valence-corrected chi connectivity index (χ4v) is 2.29.